The number of likely N-dealkylation sites (tertiary alicyclic amines) is 2. The molecule has 4 aliphatic rings. The molecule has 130 valence electrons. The molecule has 4 nitrogen and oxygen atoms in total. The lowest BCUT2D eigenvalue weighted by Crippen LogP contribution is -2.52. The van der Waals surface area contributed by atoms with Crippen molar-refractivity contribution in [2.45, 2.75) is 38.4 Å². The third-order valence-electron chi connectivity index (χ3n) is 6.42. The summed E-state index contributed by atoms with van der Waals surface area (Å²) in [5.41, 5.74) is 0.188. The zero-order valence-electron chi connectivity index (χ0n) is 13.3. The van der Waals surface area contributed by atoms with Crippen LogP contribution < -0.4 is 0 Å². The molecule has 0 bridgehead atoms. The maximum atomic E-state index is 12.7. The summed E-state index contributed by atoms with van der Waals surface area (Å²) >= 11 is 0. The Morgan fingerprint density at radius 1 is 1.26 bits per heavy atom. The minimum absolute atomic E-state index is 0.161. The molecular weight excluding hydrogens is 309 g/mol. The van der Waals surface area contributed by atoms with E-state index in [-0.39, 0.29) is 23.3 Å². The fourth-order valence-electron chi connectivity index (χ4n) is 5.18. The molecule has 1 amide bonds. The second-order valence-corrected chi connectivity index (χ2v) is 7.78. The van der Waals surface area contributed by atoms with Crippen molar-refractivity contribution < 1.29 is 22.7 Å². The number of nitrogens with zero attached hydrogens (tertiary/aromatic N) is 2. The van der Waals surface area contributed by atoms with Crippen molar-refractivity contribution in [1.29, 1.82) is 0 Å². The lowest BCUT2D eigenvalue weighted by molar-refractivity contribution is -0.158. The van der Waals surface area contributed by atoms with Crippen LogP contribution >= 0.6 is 0 Å². The largest absolute Gasteiger partial charge is 0.450 e. The van der Waals surface area contributed by atoms with Gasteiger partial charge in [-0.25, -0.2) is 4.79 Å². The summed E-state index contributed by atoms with van der Waals surface area (Å²) < 4.78 is 43.3. The Kier molecular flexibility index (Phi) is 3.38. The highest BCUT2D eigenvalue weighted by molar-refractivity contribution is 5.68. The summed E-state index contributed by atoms with van der Waals surface area (Å²) in [6, 6.07) is 0.416. The number of carbonyl (C=O) groups excluding carboxylic acids is 1. The number of piperidine rings is 1. The topological polar surface area (TPSA) is 32.8 Å². The molecule has 2 saturated carbocycles. The minimum atomic E-state index is -4.01. The van der Waals surface area contributed by atoms with Crippen LogP contribution in [-0.2, 0) is 4.74 Å². The third-order valence-corrected chi connectivity index (χ3v) is 6.42. The van der Waals surface area contributed by atoms with E-state index in [2.05, 4.69) is 4.90 Å². The number of amides is 1. The first-order valence-electron chi connectivity index (χ1n) is 8.55. The predicted molar refractivity (Wildman–Crippen MR) is 76.8 cm³/mol. The summed E-state index contributed by atoms with van der Waals surface area (Å²) in [5.74, 6) is -1.36. The van der Waals surface area contributed by atoms with E-state index in [0.717, 1.165) is 32.4 Å². The molecule has 2 heterocycles. The molecule has 23 heavy (non-hydrogen) atoms. The van der Waals surface area contributed by atoms with Gasteiger partial charge in [-0.2, -0.15) is 13.2 Å². The standard InChI is InChI=1S/C16H23F3N2O2/c1-2-23-14(22)20-4-3-15(9-20)5-10(6-15)21-7-11-12(8-21)13(11)16(17,18)19/h10-13H,2-9H2,1H3. The van der Waals surface area contributed by atoms with E-state index in [0.29, 0.717) is 25.7 Å². The molecule has 2 saturated heterocycles. The van der Waals surface area contributed by atoms with Crippen molar-refractivity contribution in [3.8, 4) is 0 Å². The maximum absolute atomic E-state index is 12.7. The Balaban J connectivity index is 1.25. The van der Waals surface area contributed by atoms with Crippen LogP contribution in [0.2, 0.25) is 0 Å². The summed E-state index contributed by atoms with van der Waals surface area (Å²) in [5, 5.41) is 0. The Morgan fingerprint density at radius 2 is 1.91 bits per heavy atom. The first-order chi connectivity index (χ1) is 10.8. The molecule has 4 rings (SSSR count). The highest BCUT2D eigenvalue weighted by Crippen LogP contribution is 2.61. The molecule has 7 heteroatoms. The zero-order valence-corrected chi connectivity index (χ0v) is 13.3. The van der Waals surface area contributed by atoms with Crippen LogP contribution in [0.15, 0.2) is 0 Å². The van der Waals surface area contributed by atoms with Gasteiger partial charge in [0.05, 0.1) is 12.5 Å². The highest BCUT2D eigenvalue weighted by atomic mass is 19.4. The van der Waals surface area contributed by atoms with Gasteiger partial charge in [-0.05, 0) is 43.4 Å². The van der Waals surface area contributed by atoms with Crippen molar-refractivity contribution in [3.05, 3.63) is 0 Å². The fourth-order valence-corrected chi connectivity index (χ4v) is 5.18. The molecule has 0 N–H and O–H groups in total. The Bertz CT molecular complexity index is 492. The monoisotopic (exact) mass is 332 g/mol. The third kappa shape index (κ3) is 2.51. The van der Waals surface area contributed by atoms with Gasteiger partial charge >= 0.3 is 12.3 Å². The number of alkyl halides is 3. The molecule has 0 aromatic carbocycles. The van der Waals surface area contributed by atoms with Crippen LogP contribution in [0.5, 0.6) is 0 Å². The van der Waals surface area contributed by atoms with Crippen molar-refractivity contribution in [3.63, 3.8) is 0 Å². The highest BCUT2D eigenvalue weighted by Gasteiger charge is 2.68. The van der Waals surface area contributed by atoms with E-state index in [4.69, 9.17) is 4.74 Å². The first kappa shape index (κ1) is 15.5. The van der Waals surface area contributed by atoms with Gasteiger partial charge in [0.25, 0.3) is 0 Å². The van der Waals surface area contributed by atoms with Crippen LogP contribution in [0, 0.1) is 23.2 Å². The van der Waals surface area contributed by atoms with Gasteiger partial charge in [0, 0.05) is 32.2 Å². The van der Waals surface area contributed by atoms with Gasteiger partial charge in [0.15, 0.2) is 0 Å². The number of hydrogen-bond acceptors (Lipinski definition) is 3. The van der Waals surface area contributed by atoms with Crippen LogP contribution in [-0.4, -0.2) is 60.9 Å². The quantitative estimate of drug-likeness (QED) is 0.779. The first-order valence-corrected chi connectivity index (χ1v) is 8.55. The number of hydrogen-bond donors (Lipinski definition) is 0. The molecule has 0 radical (unpaired) electrons. The minimum Gasteiger partial charge on any atom is -0.450 e. The molecule has 1 spiro atoms. The van der Waals surface area contributed by atoms with E-state index < -0.39 is 12.1 Å². The van der Waals surface area contributed by atoms with Gasteiger partial charge in [-0.15, -0.1) is 0 Å². The second-order valence-electron chi connectivity index (χ2n) is 7.78. The molecule has 4 fully saturated rings. The molecule has 0 aromatic rings. The summed E-state index contributed by atoms with van der Waals surface area (Å²) in [6.45, 7) is 4.90. The van der Waals surface area contributed by atoms with Crippen molar-refractivity contribution >= 4 is 6.09 Å². The molecule has 2 aliphatic heterocycles. The van der Waals surface area contributed by atoms with Crippen molar-refractivity contribution in [1.82, 2.24) is 9.80 Å². The van der Waals surface area contributed by atoms with E-state index in [1.165, 1.54) is 0 Å². The van der Waals surface area contributed by atoms with Crippen molar-refractivity contribution in [2.75, 3.05) is 32.8 Å². The Hall–Kier alpha value is -0.980. The van der Waals surface area contributed by atoms with Gasteiger partial charge in [-0.1, -0.05) is 0 Å². The maximum Gasteiger partial charge on any atom is 0.409 e. The van der Waals surface area contributed by atoms with Crippen LogP contribution in [0.4, 0.5) is 18.0 Å². The predicted octanol–water partition coefficient (Wildman–Crippen LogP) is 2.74. The number of carbonyl (C=O) groups is 1. The van der Waals surface area contributed by atoms with Gasteiger partial charge in [0.2, 0.25) is 0 Å². The van der Waals surface area contributed by atoms with Gasteiger partial charge in [-0.3, -0.25) is 4.90 Å². The SMILES string of the molecule is CCOC(=O)N1CCC2(CC(N3CC4C(C3)C4C(F)(F)F)C2)C1. The number of ether oxygens (including phenoxy) is 1. The molecule has 0 aromatic heterocycles. The summed E-state index contributed by atoms with van der Waals surface area (Å²) in [4.78, 5) is 15.8. The van der Waals surface area contributed by atoms with Crippen LogP contribution in [0.1, 0.15) is 26.2 Å². The fraction of sp³-hybridized carbons (Fsp3) is 0.938. The molecule has 2 unspecified atom stereocenters. The zero-order chi connectivity index (χ0) is 16.4. The molecule has 2 aliphatic carbocycles. The number of fused-ring (bicyclic) bond motifs is 1. The van der Waals surface area contributed by atoms with Gasteiger partial charge < -0.3 is 9.64 Å². The molecular formula is C16H23F3N2O2. The van der Waals surface area contributed by atoms with E-state index >= 15 is 0 Å². The van der Waals surface area contributed by atoms with Crippen LogP contribution in [0.25, 0.3) is 0 Å². The number of rotatable bonds is 2. The average molecular weight is 332 g/mol. The van der Waals surface area contributed by atoms with Crippen molar-refractivity contribution in [2.24, 2.45) is 23.2 Å². The van der Waals surface area contributed by atoms with E-state index in [1.807, 2.05) is 0 Å². The van der Waals surface area contributed by atoms with E-state index in [9.17, 15) is 18.0 Å². The average Bonchev–Trinajstić information content (AvgIpc) is 2.84. The van der Waals surface area contributed by atoms with Gasteiger partial charge in [0.1, 0.15) is 0 Å². The summed E-state index contributed by atoms with van der Waals surface area (Å²) in [6.07, 6.45) is -1.22. The lowest BCUT2D eigenvalue weighted by atomic mass is 9.64. The normalized spacial score (nSPS) is 42.7. The second kappa shape index (κ2) is 5.01. The lowest BCUT2D eigenvalue weighted by Gasteiger charge is -2.49. The summed E-state index contributed by atoms with van der Waals surface area (Å²) in [7, 11) is 0. The Labute approximate surface area is 133 Å². The smallest absolute Gasteiger partial charge is 0.409 e. The molecule has 2 atom stereocenters. The Morgan fingerprint density at radius 3 is 2.48 bits per heavy atom. The van der Waals surface area contributed by atoms with E-state index in [1.54, 1.807) is 11.8 Å². The number of halogens is 3. The van der Waals surface area contributed by atoms with Crippen LogP contribution in [0.3, 0.4) is 0 Å².